The molecule has 0 radical (unpaired) electrons. The SMILES string of the molecule is C=CNS(=C)c1ccccc1. The van der Waals surface area contributed by atoms with Gasteiger partial charge in [-0.3, -0.25) is 0 Å². The molecule has 0 aliphatic carbocycles. The van der Waals surface area contributed by atoms with Crippen molar-refractivity contribution in [3.8, 4) is 0 Å². The molecule has 0 spiro atoms. The molecule has 0 saturated carbocycles. The van der Waals surface area contributed by atoms with Crippen LogP contribution in [0.25, 0.3) is 0 Å². The molecule has 58 valence electrons. The van der Waals surface area contributed by atoms with Crippen LogP contribution in [0.3, 0.4) is 0 Å². The fourth-order valence-electron chi connectivity index (χ4n) is 0.753. The monoisotopic (exact) mass is 165 g/mol. The van der Waals surface area contributed by atoms with Crippen LogP contribution in [0.5, 0.6) is 0 Å². The fraction of sp³-hybridized carbons (Fsp3) is 0. The van der Waals surface area contributed by atoms with Crippen molar-refractivity contribution in [2.75, 3.05) is 0 Å². The lowest BCUT2D eigenvalue weighted by molar-refractivity contribution is 1.37. The van der Waals surface area contributed by atoms with Gasteiger partial charge in [-0.15, -0.1) is 0 Å². The van der Waals surface area contributed by atoms with Crippen molar-refractivity contribution >= 4 is 16.5 Å². The lowest BCUT2D eigenvalue weighted by Crippen LogP contribution is -1.92. The molecule has 1 aromatic rings. The van der Waals surface area contributed by atoms with E-state index in [1.165, 1.54) is 4.90 Å². The van der Waals surface area contributed by atoms with Gasteiger partial charge in [0, 0.05) is 4.90 Å². The average Bonchev–Trinajstić information content (AvgIpc) is 2.07. The zero-order chi connectivity index (χ0) is 8.10. The summed E-state index contributed by atoms with van der Waals surface area (Å²) < 4.78 is 3.04. The van der Waals surface area contributed by atoms with Crippen molar-refractivity contribution in [3.63, 3.8) is 0 Å². The molecule has 0 aromatic heterocycles. The van der Waals surface area contributed by atoms with Crippen LogP contribution in [0.4, 0.5) is 0 Å². The molecule has 0 bridgehead atoms. The standard InChI is InChI=1S/C9H11NS/c1-3-10-11(2)9-7-5-4-6-8-9/h3-8,10H,1-2H2. The number of hydrogen-bond acceptors (Lipinski definition) is 1. The predicted octanol–water partition coefficient (Wildman–Crippen LogP) is 2.39. The Labute approximate surface area is 69.8 Å². The van der Waals surface area contributed by atoms with Gasteiger partial charge in [-0.05, 0) is 18.3 Å². The van der Waals surface area contributed by atoms with Gasteiger partial charge in [-0.2, -0.15) is 0 Å². The highest BCUT2D eigenvalue weighted by molar-refractivity contribution is 8.12. The first-order valence-electron chi connectivity index (χ1n) is 3.30. The third-order valence-corrected chi connectivity index (χ3v) is 2.55. The molecule has 1 rings (SSSR count). The van der Waals surface area contributed by atoms with Crippen LogP contribution >= 0.6 is 10.7 Å². The van der Waals surface area contributed by atoms with Gasteiger partial charge in [0.15, 0.2) is 0 Å². The minimum absolute atomic E-state index is 0.151. The Kier molecular flexibility index (Phi) is 2.93. The van der Waals surface area contributed by atoms with Gasteiger partial charge in [0.1, 0.15) is 0 Å². The second kappa shape index (κ2) is 3.98. The van der Waals surface area contributed by atoms with E-state index in [1.807, 2.05) is 30.3 Å². The number of rotatable bonds is 3. The van der Waals surface area contributed by atoms with Gasteiger partial charge in [0.2, 0.25) is 0 Å². The fourth-order valence-corrected chi connectivity index (χ4v) is 1.58. The lowest BCUT2D eigenvalue weighted by atomic mass is 10.4. The quantitative estimate of drug-likeness (QED) is 0.678. The minimum Gasteiger partial charge on any atom is -0.339 e. The normalized spacial score (nSPS) is 12.0. The van der Waals surface area contributed by atoms with E-state index >= 15 is 0 Å². The van der Waals surface area contributed by atoms with Crippen molar-refractivity contribution in [2.24, 2.45) is 0 Å². The molecule has 0 amide bonds. The summed E-state index contributed by atoms with van der Waals surface area (Å²) in [7, 11) is -0.151. The van der Waals surface area contributed by atoms with Crippen molar-refractivity contribution in [1.29, 1.82) is 0 Å². The Hall–Kier alpha value is -1.02. The smallest absolute Gasteiger partial charge is 0.0203 e. The molecule has 1 atom stereocenters. The van der Waals surface area contributed by atoms with Crippen LogP contribution in [0.1, 0.15) is 0 Å². The van der Waals surface area contributed by atoms with Crippen LogP contribution in [0.15, 0.2) is 48.0 Å². The predicted molar refractivity (Wildman–Crippen MR) is 52.8 cm³/mol. The molecule has 2 heteroatoms. The summed E-state index contributed by atoms with van der Waals surface area (Å²) in [6.07, 6.45) is 1.67. The number of nitrogens with one attached hydrogen (secondary N) is 1. The number of benzene rings is 1. The van der Waals surface area contributed by atoms with Crippen LogP contribution < -0.4 is 4.72 Å². The first kappa shape index (κ1) is 8.08. The molecule has 11 heavy (non-hydrogen) atoms. The van der Waals surface area contributed by atoms with E-state index in [9.17, 15) is 0 Å². The molecule has 0 aliphatic rings. The molecule has 0 fully saturated rings. The first-order chi connectivity index (χ1) is 5.34. The summed E-state index contributed by atoms with van der Waals surface area (Å²) in [5, 5.41) is 0. The van der Waals surface area contributed by atoms with Crippen LogP contribution in [-0.4, -0.2) is 5.87 Å². The Morgan fingerprint density at radius 3 is 2.45 bits per heavy atom. The highest BCUT2D eigenvalue weighted by Crippen LogP contribution is 2.18. The Balaban J connectivity index is 2.77. The second-order valence-electron chi connectivity index (χ2n) is 2.03. The molecule has 1 unspecified atom stereocenters. The summed E-state index contributed by atoms with van der Waals surface area (Å²) in [5.74, 6) is 3.94. The zero-order valence-electron chi connectivity index (χ0n) is 6.29. The van der Waals surface area contributed by atoms with Crippen LogP contribution in [0, 0.1) is 0 Å². The summed E-state index contributed by atoms with van der Waals surface area (Å²) in [4.78, 5) is 1.20. The highest BCUT2D eigenvalue weighted by Gasteiger charge is 1.89. The largest absolute Gasteiger partial charge is 0.339 e. The van der Waals surface area contributed by atoms with Crippen LogP contribution in [0.2, 0.25) is 0 Å². The first-order valence-corrected chi connectivity index (χ1v) is 4.70. The molecule has 0 heterocycles. The Bertz CT molecular complexity index is 254. The molecular weight excluding hydrogens is 154 g/mol. The van der Waals surface area contributed by atoms with Crippen molar-refractivity contribution in [3.05, 3.63) is 43.1 Å². The van der Waals surface area contributed by atoms with E-state index in [1.54, 1.807) is 6.20 Å². The van der Waals surface area contributed by atoms with Crippen LogP contribution in [-0.2, 0) is 0 Å². The van der Waals surface area contributed by atoms with Crippen molar-refractivity contribution < 1.29 is 0 Å². The third kappa shape index (κ3) is 2.24. The molecule has 0 saturated heterocycles. The van der Waals surface area contributed by atoms with Gasteiger partial charge in [-0.25, -0.2) is 0 Å². The van der Waals surface area contributed by atoms with E-state index in [2.05, 4.69) is 17.2 Å². The molecule has 1 nitrogen and oxygen atoms in total. The maximum absolute atomic E-state index is 3.94. The van der Waals surface area contributed by atoms with Crippen molar-refractivity contribution in [2.45, 2.75) is 4.90 Å². The van der Waals surface area contributed by atoms with Gasteiger partial charge in [0.05, 0.1) is 0 Å². The summed E-state index contributed by atoms with van der Waals surface area (Å²) in [6.45, 7) is 3.58. The summed E-state index contributed by atoms with van der Waals surface area (Å²) in [5.41, 5.74) is 0. The van der Waals surface area contributed by atoms with Gasteiger partial charge in [0.25, 0.3) is 0 Å². The van der Waals surface area contributed by atoms with E-state index in [0.717, 1.165) is 0 Å². The Morgan fingerprint density at radius 1 is 1.27 bits per heavy atom. The minimum atomic E-state index is -0.151. The van der Waals surface area contributed by atoms with Gasteiger partial charge in [-0.1, -0.05) is 41.3 Å². The molecule has 0 aliphatic heterocycles. The van der Waals surface area contributed by atoms with E-state index < -0.39 is 0 Å². The summed E-state index contributed by atoms with van der Waals surface area (Å²) >= 11 is 0. The second-order valence-corrected chi connectivity index (χ2v) is 3.51. The zero-order valence-corrected chi connectivity index (χ0v) is 7.10. The lowest BCUT2D eigenvalue weighted by Gasteiger charge is -2.05. The third-order valence-electron chi connectivity index (χ3n) is 1.25. The topological polar surface area (TPSA) is 12.0 Å². The maximum Gasteiger partial charge on any atom is 0.0203 e. The Morgan fingerprint density at radius 2 is 1.91 bits per heavy atom. The molecular formula is C9H11NS. The average molecular weight is 165 g/mol. The van der Waals surface area contributed by atoms with Crippen molar-refractivity contribution in [1.82, 2.24) is 4.72 Å². The summed E-state index contributed by atoms with van der Waals surface area (Å²) in [6, 6.07) is 10.1. The van der Waals surface area contributed by atoms with Gasteiger partial charge < -0.3 is 4.72 Å². The highest BCUT2D eigenvalue weighted by atomic mass is 32.2. The van der Waals surface area contributed by atoms with E-state index in [0.29, 0.717) is 0 Å². The molecule has 1 N–H and O–H groups in total. The van der Waals surface area contributed by atoms with E-state index in [4.69, 9.17) is 0 Å². The maximum atomic E-state index is 3.94. The molecule has 1 aromatic carbocycles. The number of hydrogen-bond donors (Lipinski definition) is 1. The van der Waals surface area contributed by atoms with E-state index in [-0.39, 0.29) is 10.7 Å². The van der Waals surface area contributed by atoms with Gasteiger partial charge >= 0.3 is 0 Å².